The lowest BCUT2D eigenvalue weighted by atomic mass is 9.76. The molecule has 2 atom stereocenters. The Morgan fingerprint density at radius 1 is 1.05 bits per heavy atom. The number of hydrogen-bond donors (Lipinski definition) is 1. The summed E-state index contributed by atoms with van der Waals surface area (Å²) >= 11 is 0. The monoisotopic (exact) mass is 291 g/mol. The minimum Gasteiger partial charge on any atom is -0.454 e. The van der Waals surface area contributed by atoms with Crippen LogP contribution in [0.15, 0.2) is 42.5 Å². The van der Waals surface area contributed by atoms with Crippen molar-refractivity contribution < 1.29 is 14.3 Å². The Balaban J connectivity index is 1.69. The van der Waals surface area contributed by atoms with Gasteiger partial charge in [0.25, 0.3) is 5.91 Å². The first-order valence-corrected chi connectivity index (χ1v) is 7.33. The first-order valence-electron chi connectivity index (χ1n) is 7.33. The Bertz CT molecular complexity index is 840. The van der Waals surface area contributed by atoms with Crippen molar-refractivity contribution >= 4 is 12.0 Å². The van der Waals surface area contributed by atoms with E-state index in [0.717, 1.165) is 33.8 Å². The van der Waals surface area contributed by atoms with Gasteiger partial charge >= 0.3 is 0 Å². The Labute approximate surface area is 127 Å². The lowest BCUT2D eigenvalue weighted by molar-refractivity contribution is 0.0919. The Morgan fingerprint density at radius 2 is 1.86 bits per heavy atom. The molecule has 108 valence electrons. The average molecular weight is 291 g/mol. The summed E-state index contributed by atoms with van der Waals surface area (Å²) in [6, 6.07) is 11.7. The molecule has 1 aliphatic carbocycles. The Hall–Kier alpha value is -2.75. The van der Waals surface area contributed by atoms with Gasteiger partial charge in [-0.3, -0.25) is 4.79 Å². The van der Waals surface area contributed by atoms with E-state index < -0.39 is 0 Å². The highest BCUT2D eigenvalue weighted by Gasteiger charge is 2.36. The van der Waals surface area contributed by atoms with Gasteiger partial charge in [0.2, 0.25) is 6.79 Å². The first-order chi connectivity index (χ1) is 10.8. The number of fused-ring (bicyclic) bond motifs is 6. The van der Waals surface area contributed by atoms with Gasteiger partial charge in [-0.15, -0.1) is 0 Å². The van der Waals surface area contributed by atoms with Crippen molar-refractivity contribution in [2.75, 3.05) is 6.79 Å². The molecule has 3 aliphatic rings. The number of amides is 1. The fraction of sp³-hybridized carbons (Fsp3) is 0.167. The molecule has 1 amide bonds. The molecule has 4 nitrogen and oxygen atoms in total. The van der Waals surface area contributed by atoms with E-state index in [1.165, 1.54) is 0 Å². The van der Waals surface area contributed by atoms with E-state index in [0.29, 0.717) is 0 Å². The number of carbonyl (C=O) groups excluding carboxylic acids is 1. The third kappa shape index (κ3) is 1.49. The van der Waals surface area contributed by atoms with Crippen molar-refractivity contribution in [3.63, 3.8) is 0 Å². The van der Waals surface area contributed by atoms with Crippen LogP contribution in [-0.2, 0) is 0 Å². The summed E-state index contributed by atoms with van der Waals surface area (Å²) in [4.78, 5) is 12.4. The molecule has 5 rings (SSSR count). The number of benzene rings is 2. The van der Waals surface area contributed by atoms with Crippen LogP contribution in [0.3, 0.4) is 0 Å². The molecule has 1 N–H and O–H groups in total. The van der Waals surface area contributed by atoms with Gasteiger partial charge in [0.1, 0.15) is 0 Å². The largest absolute Gasteiger partial charge is 0.454 e. The third-order valence-corrected chi connectivity index (χ3v) is 4.61. The van der Waals surface area contributed by atoms with Crippen LogP contribution in [0.5, 0.6) is 11.5 Å². The molecule has 2 aromatic carbocycles. The molecule has 0 bridgehead atoms. The lowest BCUT2D eigenvalue weighted by Gasteiger charge is -2.35. The molecule has 0 spiro atoms. The Kier molecular flexibility index (Phi) is 2.23. The summed E-state index contributed by atoms with van der Waals surface area (Å²) in [5.41, 5.74) is 4.00. The zero-order valence-electron chi connectivity index (χ0n) is 11.7. The van der Waals surface area contributed by atoms with Crippen molar-refractivity contribution in [3.8, 4) is 11.5 Å². The van der Waals surface area contributed by atoms with Crippen LogP contribution in [0.4, 0.5) is 0 Å². The predicted molar refractivity (Wildman–Crippen MR) is 81.0 cm³/mol. The normalized spacial score (nSPS) is 23.4. The van der Waals surface area contributed by atoms with Gasteiger partial charge < -0.3 is 14.8 Å². The molecule has 4 heteroatoms. The number of carbonyl (C=O) groups is 1. The Morgan fingerprint density at radius 3 is 2.77 bits per heavy atom. The molecule has 2 aromatic rings. The standard InChI is InChI=1S/C18H13NO3/c20-18-13-4-2-1-3-11(13)12-6-5-10-7-15-16(22-9-21-15)8-14(10)17(12)19-18/h1-8,12,17H,9H2,(H,19,20). The minimum absolute atomic E-state index is 0.0178. The van der Waals surface area contributed by atoms with Crippen LogP contribution in [0.25, 0.3) is 6.08 Å². The van der Waals surface area contributed by atoms with E-state index in [-0.39, 0.29) is 24.7 Å². The second-order valence-corrected chi connectivity index (χ2v) is 5.76. The molecule has 2 heterocycles. The third-order valence-electron chi connectivity index (χ3n) is 4.61. The summed E-state index contributed by atoms with van der Waals surface area (Å²) in [7, 11) is 0. The number of nitrogens with one attached hydrogen (secondary N) is 1. The maximum atomic E-state index is 12.4. The van der Waals surface area contributed by atoms with Gasteiger partial charge in [0, 0.05) is 11.5 Å². The summed E-state index contributed by atoms with van der Waals surface area (Å²) in [5.74, 6) is 1.66. The van der Waals surface area contributed by atoms with Gasteiger partial charge in [-0.1, -0.05) is 30.4 Å². The van der Waals surface area contributed by atoms with Crippen molar-refractivity contribution in [3.05, 3.63) is 64.7 Å². The molecular weight excluding hydrogens is 278 g/mol. The van der Waals surface area contributed by atoms with Crippen LogP contribution >= 0.6 is 0 Å². The summed E-state index contributed by atoms with van der Waals surface area (Å²) < 4.78 is 10.9. The van der Waals surface area contributed by atoms with Crippen molar-refractivity contribution in [1.82, 2.24) is 5.32 Å². The lowest BCUT2D eigenvalue weighted by Crippen LogP contribution is -2.39. The van der Waals surface area contributed by atoms with Crippen LogP contribution in [0.2, 0.25) is 0 Å². The van der Waals surface area contributed by atoms with E-state index in [4.69, 9.17) is 9.47 Å². The highest BCUT2D eigenvalue weighted by Crippen LogP contribution is 2.46. The number of ether oxygens (including phenoxy) is 2. The maximum absolute atomic E-state index is 12.4. The summed E-state index contributed by atoms with van der Waals surface area (Å²) in [5, 5.41) is 3.14. The molecule has 2 unspecified atom stereocenters. The van der Waals surface area contributed by atoms with E-state index in [9.17, 15) is 4.79 Å². The molecule has 0 aromatic heterocycles. The zero-order chi connectivity index (χ0) is 14.7. The first kappa shape index (κ1) is 11.9. The van der Waals surface area contributed by atoms with Crippen molar-refractivity contribution in [2.45, 2.75) is 12.0 Å². The summed E-state index contributed by atoms with van der Waals surface area (Å²) in [6.45, 7) is 0.255. The highest BCUT2D eigenvalue weighted by molar-refractivity contribution is 5.98. The second-order valence-electron chi connectivity index (χ2n) is 5.76. The SMILES string of the molecule is O=C1NC2c3cc4c(cc3C=CC2c2ccccc21)OCO4. The smallest absolute Gasteiger partial charge is 0.252 e. The second kappa shape index (κ2) is 4.13. The summed E-state index contributed by atoms with van der Waals surface area (Å²) in [6.07, 6.45) is 4.26. The molecule has 0 radical (unpaired) electrons. The van der Waals surface area contributed by atoms with Gasteiger partial charge in [0.05, 0.1) is 6.04 Å². The highest BCUT2D eigenvalue weighted by atomic mass is 16.7. The number of hydrogen-bond acceptors (Lipinski definition) is 3. The van der Waals surface area contributed by atoms with Gasteiger partial charge in [-0.25, -0.2) is 0 Å². The predicted octanol–water partition coefficient (Wildman–Crippen LogP) is 3.01. The van der Waals surface area contributed by atoms with Crippen LogP contribution in [-0.4, -0.2) is 12.7 Å². The van der Waals surface area contributed by atoms with Gasteiger partial charge in [-0.2, -0.15) is 0 Å². The quantitative estimate of drug-likeness (QED) is 0.811. The van der Waals surface area contributed by atoms with Crippen LogP contribution < -0.4 is 14.8 Å². The zero-order valence-corrected chi connectivity index (χ0v) is 11.7. The fourth-order valence-corrected chi connectivity index (χ4v) is 3.56. The van der Waals surface area contributed by atoms with E-state index >= 15 is 0 Å². The molecular formula is C18H13NO3. The van der Waals surface area contributed by atoms with Crippen LogP contribution in [0.1, 0.15) is 39.0 Å². The van der Waals surface area contributed by atoms with Crippen molar-refractivity contribution in [1.29, 1.82) is 0 Å². The fourth-order valence-electron chi connectivity index (χ4n) is 3.56. The van der Waals surface area contributed by atoms with E-state index in [2.05, 4.69) is 17.5 Å². The van der Waals surface area contributed by atoms with E-state index in [1.807, 2.05) is 36.4 Å². The van der Waals surface area contributed by atoms with Crippen molar-refractivity contribution in [2.24, 2.45) is 0 Å². The molecule has 0 fully saturated rings. The molecule has 0 saturated carbocycles. The van der Waals surface area contributed by atoms with E-state index in [1.54, 1.807) is 0 Å². The van der Waals surface area contributed by atoms with Gasteiger partial charge in [0.15, 0.2) is 11.5 Å². The molecule has 22 heavy (non-hydrogen) atoms. The minimum atomic E-state index is -0.0584. The number of rotatable bonds is 0. The molecule has 2 aliphatic heterocycles. The topological polar surface area (TPSA) is 47.6 Å². The maximum Gasteiger partial charge on any atom is 0.252 e. The van der Waals surface area contributed by atoms with Crippen LogP contribution in [0, 0.1) is 0 Å². The average Bonchev–Trinajstić information content (AvgIpc) is 3.00. The molecule has 0 saturated heterocycles. The van der Waals surface area contributed by atoms with Gasteiger partial charge in [-0.05, 0) is 34.9 Å².